The molecule has 4 aromatic rings. The van der Waals surface area contributed by atoms with Gasteiger partial charge in [-0.3, -0.25) is 4.79 Å². The van der Waals surface area contributed by atoms with Crippen LogP contribution in [0.15, 0.2) is 71.1 Å². The largest absolute Gasteiger partial charge is 0.461 e. The van der Waals surface area contributed by atoms with Gasteiger partial charge in [0.05, 0.1) is 17.1 Å². The van der Waals surface area contributed by atoms with Crippen LogP contribution in [0.5, 0.6) is 0 Å². The van der Waals surface area contributed by atoms with Crippen LogP contribution in [0, 0.1) is 5.92 Å². The van der Waals surface area contributed by atoms with Crippen LogP contribution in [-0.4, -0.2) is 15.9 Å². The van der Waals surface area contributed by atoms with Crippen LogP contribution in [0.1, 0.15) is 37.9 Å². The molecule has 0 bridgehead atoms. The van der Waals surface area contributed by atoms with E-state index in [0.29, 0.717) is 12.8 Å². The Kier molecular flexibility index (Phi) is 5.47. The predicted octanol–water partition coefficient (Wildman–Crippen LogP) is 5.27. The van der Waals surface area contributed by atoms with Crippen molar-refractivity contribution in [3.63, 3.8) is 0 Å². The van der Waals surface area contributed by atoms with Crippen molar-refractivity contribution >= 4 is 16.9 Å². The van der Waals surface area contributed by atoms with Crippen molar-refractivity contribution in [1.29, 1.82) is 0 Å². The number of furan rings is 1. The highest BCUT2D eigenvalue weighted by Crippen LogP contribution is 2.24. The quantitative estimate of drug-likeness (QED) is 0.454. The van der Waals surface area contributed by atoms with E-state index in [2.05, 4.69) is 29.1 Å². The first kappa shape index (κ1) is 19.0. The number of nitrogens with zero attached hydrogens (tertiary/aromatic N) is 1. The summed E-state index contributed by atoms with van der Waals surface area (Å²) in [7, 11) is 0. The maximum atomic E-state index is 12.6. The number of imidazole rings is 1. The van der Waals surface area contributed by atoms with Gasteiger partial charge in [0.2, 0.25) is 5.91 Å². The van der Waals surface area contributed by atoms with E-state index in [1.807, 2.05) is 66.7 Å². The second-order valence-electron chi connectivity index (χ2n) is 7.56. The summed E-state index contributed by atoms with van der Waals surface area (Å²) in [4.78, 5) is 20.6. The van der Waals surface area contributed by atoms with Crippen LogP contribution in [0.25, 0.3) is 22.4 Å². The average molecular weight is 387 g/mol. The third-order valence-corrected chi connectivity index (χ3v) is 5.00. The Labute approximate surface area is 170 Å². The molecule has 2 N–H and O–H groups in total. The zero-order chi connectivity index (χ0) is 20.2. The molecule has 29 heavy (non-hydrogen) atoms. The molecule has 2 aromatic heterocycles. The van der Waals surface area contributed by atoms with Gasteiger partial charge >= 0.3 is 0 Å². The molecule has 5 heteroatoms. The summed E-state index contributed by atoms with van der Waals surface area (Å²) in [6, 6.07) is 21.6. The van der Waals surface area contributed by atoms with Gasteiger partial charge < -0.3 is 14.7 Å². The van der Waals surface area contributed by atoms with Crippen molar-refractivity contribution < 1.29 is 9.21 Å². The second kappa shape index (κ2) is 8.35. The van der Waals surface area contributed by atoms with Gasteiger partial charge in [-0.15, -0.1) is 0 Å². The number of hydrogen-bond donors (Lipinski definition) is 2. The predicted molar refractivity (Wildman–Crippen MR) is 114 cm³/mol. The van der Waals surface area contributed by atoms with Crippen molar-refractivity contribution in [2.24, 2.45) is 5.92 Å². The van der Waals surface area contributed by atoms with Crippen LogP contribution in [0.3, 0.4) is 0 Å². The van der Waals surface area contributed by atoms with Gasteiger partial charge in [0.1, 0.15) is 17.3 Å². The monoisotopic (exact) mass is 387 g/mol. The molecular formula is C24H25N3O2. The third kappa shape index (κ3) is 4.40. The van der Waals surface area contributed by atoms with E-state index in [4.69, 9.17) is 4.42 Å². The SMILES string of the molecule is CC(C)[C@@H](NC(=O)CCc1ccc(-c2ccccc2)o1)c1nc2ccccc2[nH]1. The second-order valence-corrected chi connectivity index (χ2v) is 7.56. The number of para-hydroxylation sites is 2. The van der Waals surface area contributed by atoms with E-state index in [0.717, 1.165) is 33.9 Å². The Bertz CT molecular complexity index is 1060. The lowest BCUT2D eigenvalue weighted by Gasteiger charge is -2.20. The summed E-state index contributed by atoms with van der Waals surface area (Å²) < 4.78 is 5.90. The highest BCUT2D eigenvalue weighted by atomic mass is 16.3. The lowest BCUT2D eigenvalue weighted by Crippen LogP contribution is -2.32. The van der Waals surface area contributed by atoms with Gasteiger partial charge in [0, 0.05) is 18.4 Å². The van der Waals surface area contributed by atoms with Gasteiger partial charge in [-0.25, -0.2) is 4.98 Å². The van der Waals surface area contributed by atoms with Crippen molar-refractivity contribution in [3.8, 4) is 11.3 Å². The number of carbonyl (C=O) groups excluding carboxylic acids is 1. The van der Waals surface area contributed by atoms with Crippen molar-refractivity contribution in [1.82, 2.24) is 15.3 Å². The molecule has 4 rings (SSSR count). The van der Waals surface area contributed by atoms with Gasteiger partial charge in [-0.2, -0.15) is 0 Å². The Morgan fingerprint density at radius 1 is 1.03 bits per heavy atom. The average Bonchev–Trinajstić information content (AvgIpc) is 3.38. The summed E-state index contributed by atoms with van der Waals surface area (Å²) in [5.74, 6) is 2.63. The number of aromatic amines is 1. The normalized spacial score (nSPS) is 12.4. The van der Waals surface area contributed by atoms with Gasteiger partial charge in [-0.05, 0) is 30.2 Å². The third-order valence-electron chi connectivity index (χ3n) is 5.00. The first-order valence-corrected chi connectivity index (χ1v) is 9.98. The molecule has 0 aliphatic heterocycles. The van der Waals surface area contributed by atoms with Gasteiger partial charge in [0.25, 0.3) is 0 Å². The van der Waals surface area contributed by atoms with Crippen LogP contribution in [-0.2, 0) is 11.2 Å². The van der Waals surface area contributed by atoms with Crippen molar-refractivity contribution in [2.45, 2.75) is 32.7 Å². The molecule has 2 heterocycles. The van der Waals surface area contributed by atoms with E-state index in [9.17, 15) is 4.79 Å². The van der Waals surface area contributed by atoms with Crippen LogP contribution >= 0.6 is 0 Å². The van der Waals surface area contributed by atoms with E-state index < -0.39 is 0 Å². The highest BCUT2D eigenvalue weighted by molar-refractivity contribution is 5.77. The summed E-state index contributed by atoms with van der Waals surface area (Å²) in [5, 5.41) is 3.13. The number of aromatic nitrogens is 2. The van der Waals surface area contributed by atoms with Crippen LogP contribution in [0.4, 0.5) is 0 Å². The number of carbonyl (C=O) groups is 1. The minimum absolute atomic E-state index is 0.0122. The van der Waals surface area contributed by atoms with E-state index >= 15 is 0 Å². The summed E-state index contributed by atoms with van der Waals surface area (Å²) >= 11 is 0. The minimum atomic E-state index is -0.161. The molecule has 1 amide bonds. The fourth-order valence-corrected chi connectivity index (χ4v) is 3.42. The zero-order valence-electron chi connectivity index (χ0n) is 16.7. The Morgan fingerprint density at radius 2 is 1.79 bits per heavy atom. The lowest BCUT2D eigenvalue weighted by molar-refractivity contribution is -0.122. The fourth-order valence-electron chi connectivity index (χ4n) is 3.42. The number of H-pyrrole nitrogens is 1. The molecule has 0 spiro atoms. The molecule has 2 aromatic carbocycles. The van der Waals surface area contributed by atoms with Crippen molar-refractivity contribution in [3.05, 3.63) is 78.3 Å². The number of aryl methyl sites for hydroxylation is 1. The number of hydrogen-bond acceptors (Lipinski definition) is 3. The molecule has 0 aliphatic carbocycles. The van der Waals surface area contributed by atoms with Gasteiger partial charge in [0.15, 0.2) is 0 Å². The van der Waals surface area contributed by atoms with E-state index in [-0.39, 0.29) is 17.9 Å². The van der Waals surface area contributed by atoms with Gasteiger partial charge in [-0.1, -0.05) is 56.3 Å². The Balaban J connectivity index is 1.39. The van der Waals surface area contributed by atoms with E-state index in [1.54, 1.807) is 0 Å². The summed E-state index contributed by atoms with van der Waals surface area (Å²) in [5.41, 5.74) is 2.92. The Hall–Kier alpha value is -3.34. The lowest BCUT2D eigenvalue weighted by atomic mass is 10.0. The number of fused-ring (bicyclic) bond motifs is 1. The smallest absolute Gasteiger partial charge is 0.221 e. The minimum Gasteiger partial charge on any atom is -0.461 e. The standard InChI is InChI=1S/C24H25N3O2/c1-16(2)23(24-25-19-10-6-7-11-20(19)26-24)27-22(28)15-13-18-12-14-21(29-18)17-8-4-3-5-9-17/h3-12,14,16,23H,13,15H2,1-2H3,(H,25,26)(H,27,28)/t23-/m1/s1. The van der Waals surface area contributed by atoms with E-state index in [1.165, 1.54) is 0 Å². The number of rotatable bonds is 7. The molecule has 0 unspecified atom stereocenters. The molecule has 148 valence electrons. The molecule has 0 fully saturated rings. The topological polar surface area (TPSA) is 70.9 Å². The number of benzene rings is 2. The summed E-state index contributed by atoms with van der Waals surface area (Å²) in [6.07, 6.45) is 0.925. The highest BCUT2D eigenvalue weighted by Gasteiger charge is 2.22. The maximum absolute atomic E-state index is 12.6. The summed E-state index contributed by atoms with van der Waals surface area (Å²) in [6.45, 7) is 4.16. The molecule has 0 saturated heterocycles. The van der Waals surface area contributed by atoms with Crippen molar-refractivity contribution in [2.75, 3.05) is 0 Å². The van der Waals surface area contributed by atoms with Crippen LogP contribution in [0.2, 0.25) is 0 Å². The molecule has 5 nitrogen and oxygen atoms in total. The molecular weight excluding hydrogens is 362 g/mol. The number of amides is 1. The fraction of sp³-hybridized carbons (Fsp3) is 0.250. The first-order chi connectivity index (χ1) is 14.1. The molecule has 0 radical (unpaired) electrons. The molecule has 1 atom stereocenters. The Morgan fingerprint density at radius 3 is 2.55 bits per heavy atom. The zero-order valence-corrected chi connectivity index (χ0v) is 16.7. The first-order valence-electron chi connectivity index (χ1n) is 9.98. The van der Waals surface area contributed by atoms with Crippen LogP contribution < -0.4 is 5.32 Å². The molecule has 0 saturated carbocycles. The maximum Gasteiger partial charge on any atom is 0.221 e. The molecule has 0 aliphatic rings. The number of nitrogens with one attached hydrogen (secondary N) is 2.